The molecule has 0 heterocycles. The van der Waals surface area contributed by atoms with Gasteiger partial charge in [-0.2, -0.15) is 0 Å². The van der Waals surface area contributed by atoms with Crippen LogP contribution in [0.2, 0.25) is 5.02 Å². The topological polar surface area (TPSA) is 20.2 Å². The predicted molar refractivity (Wildman–Crippen MR) is 54.5 cm³/mol. The zero-order chi connectivity index (χ0) is 9.84. The number of aryl methyl sites for hydroxylation is 1. The van der Waals surface area contributed by atoms with Crippen LogP contribution in [0.4, 0.5) is 4.39 Å². The van der Waals surface area contributed by atoms with E-state index in [1.807, 2.05) is 0 Å². The number of aliphatic hydroxyl groups excluding tert-OH is 1. The normalized spacial score (nSPS) is 10.5. The molecular weight excluding hydrogens is 258 g/mol. The van der Waals surface area contributed by atoms with Crippen LogP contribution >= 0.6 is 27.5 Å². The molecule has 1 rings (SSSR count). The Morgan fingerprint density at radius 1 is 1.46 bits per heavy atom. The van der Waals surface area contributed by atoms with Crippen molar-refractivity contribution in [2.75, 3.05) is 6.61 Å². The van der Waals surface area contributed by atoms with E-state index in [9.17, 15) is 4.39 Å². The zero-order valence-corrected chi connectivity index (χ0v) is 9.20. The molecule has 0 atom stereocenters. The average Bonchev–Trinajstić information content (AvgIpc) is 2.13. The van der Waals surface area contributed by atoms with Gasteiger partial charge in [0.2, 0.25) is 0 Å². The Labute approximate surface area is 89.7 Å². The maximum atomic E-state index is 13.2. The first-order valence-electron chi connectivity index (χ1n) is 3.90. The van der Waals surface area contributed by atoms with Crippen LogP contribution in [0.5, 0.6) is 0 Å². The van der Waals surface area contributed by atoms with Crippen LogP contribution in [0.1, 0.15) is 12.0 Å². The summed E-state index contributed by atoms with van der Waals surface area (Å²) in [7, 11) is 0. The van der Waals surface area contributed by atoms with Crippen LogP contribution in [0.3, 0.4) is 0 Å². The van der Waals surface area contributed by atoms with Crippen LogP contribution in [0.15, 0.2) is 16.6 Å². The molecule has 0 amide bonds. The molecule has 4 heteroatoms. The van der Waals surface area contributed by atoms with Gasteiger partial charge >= 0.3 is 0 Å². The van der Waals surface area contributed by atoms with Gasteiger partial charge in [-0.3, -0.25) is 0 Å². The van der Waals surface area contributed by atoms with Crippen molar-refractivity contribution in [3.05, 3.63) is 33.0 Å². The van der Waals surface area contributed by atoms with Gasteiger partial charge in [0.1, 0.15) is 0 Å². The largest absolute Gasteiger partial charge is 0.396 e. The fraction of sp³-hybridized carbons (Fsp3) is 0.333. The Bertz CT molecular complexity index is 304. The summed E-state index contributed by atoms with van der Waals surface area (Å²) in [5.74, 6) is -0.433. The number of hydrogen-bond acceptors (Lipinski definition) is 1. The summed E-state index contributed by atoms with van der Waals surface area (Å²) >= 11 is 8.79. The second-order valence-electron chi connectivity index (χ2n) is 2.66. The van der Waals surface area contributed by atoms with Gasteiger partial charge in [0, 0.05) is 6.61 Å². The maximum Gasteiger partial charge on any atom is 0.156 e. The number of halogens is 3. The van der Waals surface area contributed by atoms with Crippen molar-refractivity contribution in [2.24, 2.45) is 0 Å². The van der Waals surface area contributed by atoms with E-state index in [1.54, 1.807) is 12.1 Å². The molecule has 0 saturated carbocycles. The van der Waals surface area contributed by atoms with Crippen molar-refractivity contribution in [3.63, 3.8) is 0 Å². The van der Waals surface area contributed by atoms with Crippen LogP contribution in [-0.4, -0.2) is 11.7 Å². The van der Waals surface area contributed by atoms with E-state index in [0.717, 1.165) is 5.56 Å². The predicted octanol–water partition coefficient (Wildman–Crippen LogP) is 3.17. The van der Waals surface area contributed by atoms with Gasteiger partial charge in [0.15, 0.2) is 5.82 Å². The van der Waals surface area contributed by atoms with E-state index in [0.29, 0.717) is 17.3 Å². The standard InChI is InChI=1S/C9H9BrClFO/c10-7-4-3-6(2-1-5-13)8(11)9(7)12/h3-4,13H,1-2,5H2. The second-order valence-corrected chi connectivity index (χ2v) is 3.89. The van der Waals surface area contributed by atoms with Gasteiger partial charge in [-0.25, -0.2) is 4.39 Å². The summed E-state index contributed by atoms with van der Waals surface area (Å²) < 4.78 is 13.5. The molecule has 13 heavy (non-hydrogen) atoms. The summed E-state index contributed by atoms with van der Waals surface area (Å²) in [6.45, 7) is 0.0913. The van der Waals surface area contributed by atoms with E-state index in [2.05, 4.69) is 15.9 Å². The van der Waals surface area contributed by atoms with E-state index in [1.165, 1.54) is 0 Å². The molecule has 0 aliphatic rings. The molecule has 72 valence electrons. The first-order chi connectivity index (χ1) is 6.16. The first kappa shape index (κ1) is 11.0. The number of hydrogen-bond donors (Lipinski definition) is 1. The summed E-state index contributed by atoms with van der Waals surface area (Å²) in [5.41, 5.74) is 0.733. The minimum Gasteiger partial charge on any atom is -0.396 e. The molecule has 0 aliphatic carbocycles. The van der Waals surface area contributed by atoms with E-state index < -0.39 is 5.82 Å². The number of aliphatic hydroxyl groups is 1. The SMILES string of the molecule is OCCCc1ccc(Br)c(F)c1Cl. The number of rotatable bonds is 3. The van der Waals surface area contributed by atoms with Gasteiger partial charge in [-0.15, -0.1) is 0 Å². The third-order valence-corrected chi connectivity index (χ3v) is 2.74. The lowest BCUT2D eigenvalue weighted by molar-refractivity contribution is 0.288. The molecule has 0 unspecified atom stereocenters. The fourth-order valence-corrected chi connectivity index (χ4v) is 1.73. The molecule has 1 N–H and O–H groups in total. The Hall–Kier alpha value is -0.120. The first-order valence-corrected chi connectivity index (χ1v) is 5.07. The van der Waals surface area contributed by atoms with Gasteiger partial charge in [0.25, 0.3) is 0 Å². The smallest absolute Gasteiger partial charge is 0.156 e. The van der Waals surface area contributed by atoms with E-state index in [-0.39, 0.29) is 11.6 Å². The van der Waals surface area contributed by atoms with Gasteiger partial charge in [-0.1, -0.05) is 17.7 Å². The van der Waals surface area contributed by atoms with Crippen molar-refractivity contribution < 1.29 is 9.50 Å². The Morgan fingerprint density at radius 2 is 2.15 bits per heavy atom. The van der Waals surface area contributed by atoms with Crippen molar-refractivity contribution in [1.29, 1.82) is 0 Å². The van der Waals surface area contributed by atoms with Crippen LogP contribution in [0, 0.1) is 5.82 Å². The lowest BCUT2D eigenvalue weighted by Gasteiger charge is -2.04. The minimum atomic E-state index is -0.433. The Kier molecular flexibility index (Phi) is 4.16. The van der Waals surface area contributed by atoms with Crippen molar-refractivity contribution >= 4 is 27.5 Å². The summed E-state index contributed by atoms with van der Waals surface area (Å²) in [6.07, 6.45) is 1.19. The lowest BCUT2D eigenvalue weighted by Crippen LogP contribution is -1.93. The third kappa shape index (κ3) is 2.66. The number of benzene rings is 1. The zero-order valence-electron chi connectivity index (χ0n) is 6.86. The molecule has 1 aromatic rings. The molecule has 0 saturated heterocycles. The van der Waals surface area contributed by atoms with E-state index >= 15 is 0 Å². The molecule has 0 bridgehead atoms. The molecule has 0 spiro atoms. The highest BCUT2D eigenvalue weighted by atomic mass is 79.9. The molecule has 1 nitrogen and oxygen atoms in total. The van der Waals surface area contributed by atoms with Crippen molar-refractivity contribution in [3.8, 4) is 0 Å². The summed E-state index contributed by atoms with van der Waals surface area (Å²) in [4.78, 5) is 0. The molecular formula is C9H9BrClFO. The van der Waals surface area contributed by atoms with E-state index in [4.69, 9.17) is 16.7 Å². The monoisotopic (exact) mass is 266 g/mol. The van der Waals surface area contributed by atoms with Crippen LogP contribution in [0.25, 0.3) is 0 Å². The molecule has 0 aromatic heterocycles. The van der Waals surface area contributed by atoms with Crippen LogP contribution in [-0.2, 0) is 6.42 Å². The third-order valence-electron chi connectivity index (χ3n) is 1.72. The van der Waals surface area contributed by atoms with Crippen LogP contribution < -0.4 is 0 Å². The minimum absolute atomic E-state index is 0.0913. The summed E-state index contributed by atoms with van der Waals surface area (Å²) in [6, 6.07) is 3.37. The van der Waals surface area contributed by atoms with Gasteiger partial charge in [0.05, 0.1) is 9.50 Å². The highest BCUT2D eigenvalue weighted by Crippen LogP contribution is 2.27. The molecule has 0 aliphatic heterocycles. The fourth-order valence-electron chi connectivity index (χ4n) is 1.03. The lowest BCUT2D eigenvalue weighted by atomic mass is 10.1. The molecule has 0 fully saturated rings. The molecule has 0 radical (unpaired) electrons. The van der Waals surface area contributed by atoms with Gasteiger partial charge in [-0.05, 0) is 40.4 Å². The average molecular weight is 268 g/mol. The summed E-state index contributed by atoms with van der Waals surface area (Å²) in [5, 5.41) is 8.74. The quantitative estimate of drug-likeness (QED) is 0.834. The highest BCUT2D eigenvalue weighted by Gasteiger charge is 2.08. The maximum absolute atomic E-state index is 13.2. The second kappa shape index (κ2) is 4.94. The highest BCUT2D eigenvalue weighted by molar-refractivity contribution is 9.10. The Morgan fingerprint density at radius 3 is 2.77 bits per heavy atom. The van der Waals surface area contributed by atoms with Crippen molar-refractivity contribution in [1.82, 2.24) is 0 Å². The Balaban J connectivity index is 2.90. The molecule has 1 aromatic carbocycles. The van der Waals surface area contributed by atoms with Gasteiger partial charge < -0.3 is 5.11 Å². The van der Waals surface area contributed by atoms with Crippen molar-refractivity contribution in [2.45, 2.75) is 12.8 Å².